The number of nitrogens with zero attached hydrogens (tertiary/aromatic N) is 1. The number of benzene rings is 11. The molecule has 11 aromatic rings. The first kappa shape index (κ1) is 21.3. The summed E-state index contributed by atoms with van der Waals surface area (Å²) < 4.78 is 177. The van der Waals surface area contributed by atoms with Gasteiger partial charge in [-0.15, -0.1) is 0 Å². The van der Waals surface area contributed by atoms with Crippen LogP contribution in [0.4, 0.5) is 17.1 Å². The minimum atomic E-state index is -1.03. The van der Waals surface area contributed by atoms with Gasteiger partial charge in [0.2, 0.25) is 0 Å². The summed E-state index contributed by atoms with van der Waals surface area (Å²) in [5.74, 6) is 0. The number of anilines is 3. The van der Waals surface area contributed by atoms with E-state index in [2.05, 4.69) is 0 Å². The zero-order valence-electron chi connectivity index (χ0n) is 51.1. The lowest BCUT2D eigenvalue weighted by Gasteiger charge is -2.26. The molecule has 0 atom stereocenters. The molecule has 1 heteroatoms. The van der Waals surface area contributed by atoms with Crippen molar-refractivity contribution in [1.29, 1.82) is 0 Å². The van der Waals surface area contributed by atoms with E-state index in [4.69, 9.17) is 8.22 Å². The molecule has 0 fully saturated rings. The third-order valence-electron chi connectivity index (χ3n) is 10.5. The topological polar surface area (TPSA) is 3.24 Å². The van der Waals surface area contributed by atoms with Crippen LogP contribution in [-0.2, 0) is 0 Å². The number of hydrogen-bond acceptors (Lipinski definition) is 1. The average molecular weight is 795 g/mol. The van der Waals surface area contributed by atoms with E-state index >= 15 is 0 Å². The molecule has 0 N–H and O–H groups in total. The standard InChI is InChI=1S/C60H41N/c1-2-12-47(13-3-1)59-40-33-48-15-7-9-19-58(48)60(59)50-31-38-55(39-32-50)61(54-36-29-45(30-37-54)52-26-23-42-11-4-5-16-51(42)41-52)53-34-27-44(28-35-53)43-21-24-49(25-22-43)57-20-10-17-46-14-6-8-18-56(46)57/h1-41H/i4D,5D,11D,16D,23D,26D,27D,28D,29D,30D,31D,32D,34D,35D,36D,37D,38D,39D,41D. The van der Waals surface area contributed by atoms with Gasteiger partial charge in [0.15, 0.2) is 0 Å². The monoisotopic (exact) mass is 794 g/mol. The summed E-state index contributed by atoms with van der Waals surface area (Å²) in [6.45, 7) is 0. The van der Waals surface area contributed by atoms with Gasteiger partial charge in [-0.1, -0.05) is 206 Å². The first-order valence-corrected chi connectivity index (χ1v) is 19.5. The van der Waals surface area contributed by atoms with Gasteiger partial charge in [-0.25, -0.2) is 0 Å². The van der Waals surface area contributed by atoms with Crippen molar-refractivity contribution < 1.29 is 26.0 Å². The fraction of sp³-hybridized carbons (Fsp3) is 0. The molecule has 61 heavy (non-hydrogen) atoms. The van der Waals surface area contributed by atoms with Crippen molar-refractivity contribution in [1.82, 2.24) is 0 Å². The molecule has 0 unspecified atom stereocenters. The molecule has 0 saturated heterocycles. The summed E-state index contributed by atoms with van der Waals surface area (Å²) in [7, 11) is 0. The molecular weight excluding hydrogens is 735 g/mol. The van der Waals surface area contributed by atoms with Crippen molar-refractivity contribution in [2.45, 2.75) is 0 Å². The molecule has 0 amide bonds. The van der Waals surface area contributed by atoms with E-state index in [-0.39, 0.29) is 16.7 Å². The molecule has 11 rings (SSSR count). The quantitative estimate of drug-likeness (QED) is 0.148. The predicted octanol–water partition coefficient (Wildman–Crippen LogP) is 17.0. The molecule has 0 radical (unpaired) electrons. The molecule has 0 aliphatic heterocycles. The fourth-order valence-electron chi connectivity index (χ4n) is 7.58. The molecule has 0 aliphatic rings. The number of hydrogen-bond donors (Lipinski definition) is 0. The van der Waals surface area contributed by atoms with E-state index in [0.29, 0.717) is 32.4 Å². The minimum Gasteiger partial charge on any atom is -0.311 e. The lowest BCUT2D eigenvalue weighted by Crippen LogP contribution is -2.09. The van der Waals surface area contributed by atoms with Gasteiger partial charge in [0.05, 0.1) is 26.0 Å². The van der Waals surface area contributed by atoms with Crippen LogP contribution in [0.2, 0.25) is 0 Å². The molecular formula is C60H41N. The van der Waals surface area contributed by atoms with Crippen LogP contribution in [-0.4, -0.2) is 0 Å². The fourth-order valence-corrected chi connectivity index (χ4v) is 7.58. The van der Waals surface area contributed by atoms with Crippen LogP contribution in [0.15, 0.2) is 248 Å². The second-order valence-corrected chi connectivity index (χ2v) is 14.2. The van der Waals surface area contributed by atoms with Crippen LogP contribution >= 0.6 is 0 Å². The molecule has 11 aromatic carbocycles. The average Bonchev–Trinajstić information content (AvgIpc) is 3.65. The van der Waals surface area contributed by atoms with E-state index in [1.165, 1.54) is 0 Å². The maximum atomic E-state index is 9.86. The highest BCUT2D eigenvalue weighted by atomic mass is 15.1. The van der Waals surface area contributed by atoms with Gasteiger partial charge in [-0.05, 0) is 130 Å². The summed E-state index contributed by atoms with van der Waals surface area (Å²) in [5.41, 5.74) is -0.673. The summed E-state index contributed by atoms with van der Waals surface area (Å²) in [5, 5.41) is 2.25. The Morgan fingerprint density at radius 2 is 0.787 bits per heavy atom. The van der Waals surface area contributed by atoms with Crippen LogP contribution in [0.5, 0.6) is 0 Å². The maximum Gasteiger partial charge on any atom is 0.0645 e. The first-order valence-electron chi connectivity index (χ1n) is 29.0. The van der Waals surface area contributed by atoms with Crippen molar-refractivity contribution in [2.75, 3.05) is 4.90 Å². The Morgan fingerprint density at radius 1 is 0.279 bits per heavy atom. The van der Waals surface area contributed by atoms with Gasteiger partial charge in [-0.3, -0.25) is 0 Å². The van der Waals surface area contributed by atoms with Crippen LogP contribution < -0.4 is 4.90 Å². The van der Waals surface area contributed by atoms with E-state index < -0.39 is 154 Å². The van der Waals surface area contributed by atoms with Gasteiger partial charge in [0.25, 0.3) is 0 Å². The summed E-state index contributed by atoms with van der Waals surface area (Å²) >= 11 is 0. The zero-order valence-corrected chi connectivity index (χ0v) is 32.1. The Kier molecular flexibility index (Phi) is 5.46. The van der Waals surface area contributed by atoms with Crippen LogP contribution in [0.25, 0.3) is 88.0 Å². The van der Waals surface area contributed by atoms with Crippen LogP contribution in [0.3, 0.4) is 0 Å². The Hall–Kier alpha value is -8.00. The normalized spacial score (nSPS) is 15.6. The van der Waals surface area contributed by atoms with E-state index in [1.807, 2.05) is 72.8 Å². The third kappa shape index (κ3) is 6.93. The van der Waals surface area contributed by atoms with Gasteiger partial charge >= 0.3 is 0 Å². The first-order chi connectivity index (χ1) is 38.2. The smallest absolute Gasteiger partial charge is 0.0645 e. The highest BCUT2D eigenvalue weighted by Gasteiger charge is 2.17. The Bertz CT molecular complexity index is 4370. The minimum absolute atomic E-state index is 0.164. The zero-order chi connectivity index (χ0) is 57.1. The molecule has 286 valence electrons. The predicted molar refractivity (Wildman–Crippen MR) is 261 cm³/mol. The molecule has 1 nitrogen and oxygen atoms in total. The second-order valence-electron chi connectivity index (χ2n) is 14.2. The highest BCUT2D eigenvalue weighted by molar-refractivity contribution is 6.04. The summed E-state index contributed by atoms with van der Waals surface area (Å²) in [6.07, 6.45) is 0. The molecule has 0 saturated carbocycles. The van der Waals surface area contributed by atoms with E-state index in [0.717, 1.165) is 21.9 Å². The van der Waals surface area contributed by atoms with E-state index in [9.17, 15) is 17.8 Å². The summed E-state index contributed by atoms with van der Waals surface area (Å²) in [4.78, 5) is 0.667. The third-order valence-corrected chi connectivity index (χ3v) is 10.5. The maximum absolute atomic E-state index is 9.86. The second kappa shape index (κ2) is 15.6. The molecule has 0 spiro atoms. The Morgan fingerprint density at radius 3 is 1.48 bits per heavy atom. The molecule has 0 aromatic heterocycles. The van der Waals surface area contributed by atoms with Gasteiger partial charge in [-0.2, -0.15) is 0 Å². The van der Waals surface area contributed by atoms with Crippen molar-refractivity contribution in [2.24, 2.45) is 0 Å². The van der Waals surface area contributed by atoms with Crippen LogP contribution in [0.1, 0.15) is 26.0 Å². The van der Waals surface area contributed by atoms with Gasteiger partial charge < -0.3 is 4.90 Å². The van der Waals surface area contributed by atoms with Gasteiger partial charge in [0.1, 0.15) is 0 Å². The number of fused-ring (bicyclic) bond motifs is 3. The van der Waals surface area contributed by atoms with Crippen molar-refractivity contribution in [3.05, 3.63) is 248 Å². The Labute approximate surface area is 383 Å². The SMILES string of the molecule is [2H]c1c([2H])c(N(c2c([2H])c([2H])c(-c3c([2H])c([2H])c4c([2H])c([2H])c([2H])c([2H])c4c3[2H])c([2H])c2[2H])c2c([2H])c([2H])c(-c3c(-c4ccccc4)ccc4ccccc34)c([2H])c2[2H])c([2H])c([2H])c1-c1ccc(-c2cccc3ccccc23)cc1. The number of rotatable bonds is 8. The van der Waals surface area contributed by atoms with Crippen molar-refractivity contribution in [3.63, 3.8) is 0 Å². The highest BCUT2D eigenvalue weighted by Crippen LogP contribution is 2.42. The molecule has 0 aliphatic carbocycles. The van der Waals surface area contributed by atoms with Gasteiger partial charge in [0, 0.05) is 17.1 Å². The lowest BCUT2D eigenvalue weighted by molar-refractivity contribution is 1.28. The molecule has 0 bridgehead atoms. The van der Waals surface area contributed by atoms with E-state index in [1.54, 1.807) is 60.7 Å². The lowest BCUT2D eigenvalue weighted by atomic mass is 9.89. The summed E-state index contributed by atoms with van der Waals surface area (Å²) in [6, 6.07) is 25.0. The molecule has 0 heterocycles. The Balaban J connectivity index is 1.19. The van der Waals surface area contributed by atoms with Crippen molar-refractivity contribution >= 4 is 49.4 Å². The van der Waals surface area contributed by atoms with Crippen molar-refractivity contribution in [3.8, 4) is 55.6 Å². The largest absolute Gasteiger partial charge is 0.311 e. The van der Waals surface area contributed by atoms with Crippen LogP contribution in [0, 0.1) is 0 Å².